The molecule has 118 valence electrons. The molecule has 0 fully saturated rings. The van der Waals surface area contributed by atoms with E-state index in [0.29, 0.717) is 0 Å². The molecule has 1 atom stereocenters. The third-order valence-electron chi connectivity index (χ3n) is 4.29. The van der Waals surface area contributed by atoms with Crippen molar-refractivity contribution >= 4 is 27.3 Å². The van der Waals surface area contributed by atoms with Crippen LogP contribution < -0.4 is 5.01 Å². The molecule has 0 radical (unpaired) electrons. The molecule has 0 saturated carbocycles. The molecular formula is C21H17BrN2. The summed E-state index contributed by atoms with van der Waals surface area (Å²) in [5, 5.41) is 7.09. The van der Waals surface area contributed by atoms with E-state index < -0.39 is 0 Å². The lowest BCUT2D eigenvalue weighted by molar-refractivity contribution is 0.709. The van der Waals surface area contributed by atoms with E-state index in [4.69, 9.17) is 5.10 Å². The SMILES string of the molecule is Brc1ccc(N2N=C(c3ccccc3)CC2c2ccccc2)cc1. The summed E-state index contributed by atoms with van der Waals surface area (Å²) in [5.74, 6) is 0. The Bertz CT molecular complexity index is 842. The number of hydrogen-bond donors (Lipinski definition) is 0. The van der Waals surface area contributed by atoms with Gasteiger partial charge in [0.05, 0.1) is 17.4 Å². The summed E-state index contributed by atoms with van der Waals surface area (Å²) in [7, 11) is 0. The second-order valence-electron chi connectivity index (χ2n) is 5.86. The molecule has 0 N–H and O–H groups in total. The highest BCUT2D eigenvalue weighted by Gasteiger charge is 2.29. The molecule has 2 nitrogen and oxygen atoms in total. The molecule has 1 unspecified atom stereocenters. The van der Waals surface area contributed by atoms with Crippen LogP contribution in [0, 0.1) is 0 Å². The monoisotopic (exact) mass is 376 g/mol. The quantitative estimate of drug-likeness (QED) is 0.563. The predicted molar refractivity (Wildman–Crippen MR) is 103 cm³/mol. The third kappa shape index (κ3) is 3.00. The first-order chi connectivity index (χ1) is 11.8. The first kappa shape index (κ1) is 15.2. The second kappa shape index (κ2) is 6.62. The van der Waals surface area contributed by atoms with E-state index in [-0.39, 0.29) is 6.04 Å². The lowest BCUT2D eigenvalue weighted by Crippen LogP contribution is -2.18. The van der Waals surface area contributed by atoms with Crippen molar-refractivity contribution in [2.24, 2.45) is 5.10 Å². The Morgan fingerprint density at radius 2 is 1.42 bits per heavy atom. The molecule has 1 aliphatic heterocycles. The minimum atomic E-state index is 0.225. The van der Waals surface area contributed by atoms with Crippen molar-refractivity contribution in [2.75, 3.05) is 5.01 Å². The summed E-state index contributed by atoms with van der Waals surface area (Å²) >= 11 is 3.51. The Labute approximate surface area is 150 Å². The fourth-order valence-corrected chi connectivity index (χ4v) is 3.35. The highest BCUT2D eigenvalue weighted by molar-refractivity contribution is 9.10. The summed E-state index contributed by atoms with van der Waals surface area (Å²) < 4.78 is 1.08. The zero-order valence-electron chi connectivity index (χ0n) is 13.1. The molecule has 0 spiro atoms. The maximum absolute atomic E-state index is 4.95. The van der Waals surface area contributed by atoms with Crippen molar-refractivity contribution in [2.45, 2.75) is 12.5 Å². The highest BCUT2D eigenvalue weighted by atomic mass is 79.9. The van der Waals surface area contributed by atoms with E-state index in [1.807, 2.05) is 6.07 Å². The first-order valence-electron chi connectivity index (χ1n) is 8.04. The maximum Gasteiger partial charge on any atom is 0.0831 e. The van der Waals surface area contributed by atoms with Crippen LogP contribution in [0.15, 0.2) is 94.5 Å². The largest absolute Gasteiger partial charge is 0.257 e. The fraction of sp³-hybridized carbons (Fsp3) is 0.0952. The average molecular weight is 377 g/mol. The van der Waals surface area contributed by atoms with Crippen LogP contribution in [0.1, 0.15) is 23.6 Å². The molecule has 3 aromatic carbocycles. The molecule has 0 saturated heterocycles. The number of hydrazone groups is 1. The number of rotatable bonds is 3. The van der Waals surface area contributed by atoms with Crippen LogP contribution in [0.25, 0.3) is 0 Å². The van der Waals surface area contributed by atoms with E-state index in [0.717, 1.165) is 22.3 Å². The van der Waals surface area contributed by atoms with Gasteiger partial charge >= 0.3 is 0 Å². The van der Waals surface area contributed by atoms with Gasteiger partial charge in [0, 0.05) is 10.9 Å². The van der Waals surface area contributed by atoms with E-state index >= 15 is 0 Å². The number of halogens is 1. The molecule has 3 aromatic rings. The third-order valence-corrected chi connectivity index (χ3v) is 4.82. The molecule has 3 heteroatoms. The maximum atomic E-state index is 4.95. The van der Waals surface area contributed by atoms with E-state index in [1.165, 1.54) is 11.1 Å². The molecule has 0 aromatic heterocycles. The van der Waals surface area contributed by atoms with Crippen molar-refractivity contribution in [3.8, 4) is 0 Å². The smallest absolute Gasteiger partial charge is 0.0831 e. The van der Waals surface area contributed by atoms with Crippen LogP contribution in [0.4, 0.5) is 5.69 Å². The van der Waals surface area contributed by atoms with Gasteiger partial charge in [0.2, 0.25) is 0 Å². The number of nitrogens with zero attached hydrogens (tertiary/aromatic N) is 2. The molecule has 1 aliphatic rings. The summed E-state index contributed by atoms with van der Waals surface area (Å²) in [6.07, 6.45) is 0.907. The van der Waals surface area contributed by atoms with Gasteiger partial charge in [-0.3, -0.25) is 5.01 Å². The molecule has 0 bridgehead atoms. The summed E-state index contributed by atoms with van der Waals surface area (Å²) in [6, 6.07) is 29.6. The van der Waals surface area contributed by atoms with Gasteiger partial charge in [0.1, 0.15) is 0 Å². The van der Waals surface area contributed by atoms with Crippen LogP contribution in [0.3, 0.4) is 0 Å². The number of anilines is 1. The van der Waals surface area contributed by atoms with Gasteiger partial charge in [-0.05, 0) is 35.4 Å². The van der Waals surface area contributed by atoms with Gasteiger partial charge in [-0.25, -0.2) is 0 Å². The number of benzene rings is 3. The highest BCUT2D eigenvalue weighted by Crippen LogP contribution is 2.36. The Hall–Kier alpha value is -2.39. The molecule has 1 heterocycles. The summed E-state index contributed by atoms with van der Waals surface area (Å²) in [6.45, 7) is 0. The molecule has 0 amide bonds. The van der Waals surface area contributed by atoms with Gasteiger partial charge in [-0.15, -0.1) is 0 Å². The topological polar surface area (TPSA) is 15.6 Å². The molecule has 24 heavy (non-hydrogen) atoms. The average Bonchev–Trinajstić information content (AvgIpc) is 3.09. The molecule has 0 aliphatic carbocycles. The number of hydrogen-bond acceptors (Lipinski definition) is 2. The van der Waals surface area contributed by atoms with E-state index in [9.17, 15) is 0 Å². The van der Waals surface area contributed by atoms with Gasteiger partial charge in [-0.1, -0.05) is 76.6 Å². The lowest BCUT2D eigenvalue weighted by Gasteiger charge is -2.24. The van der Waals surface area contributed by atoms with E-state index in [2.05, 4.69) is 99.8 Å². The molecule has 4 rings (SSSR count). The van der Waals surface area contributed by atoms with Crippen LogP contribution >= 0.6 is 15.9 Å². The zero-order valence-corrected chi connectivity index (χ0v) is 14.7. The minimum absolute atomic E-state index is 0.225. The van der Waals surface area contributed by atoms with Gasteiger partial charge in [0.25, 0.3) is 0 Å². The van der Waals surface area contributed by atoms with Crippen LogP contribution in [0.2, 0.25) is 0 Å². The van der Waals surface area contributed by atoms with Gasteiger partial charge < -0.3 is 0 Å². The van der Waals surface area contributed by atoms with Crippen molar-refractivity contribution in [1.82, 2.24) is 0 Å². The van der Waals surface area contributed by atoms with Crippen molar-refractivity contribution in [3.05, 3.63) is 101 Å². The Morgan fingerprint density at radius 3 is 2.08 bits per heavy atom. The normalized spacial score (nSPS) is 17.0. The van der Waals surface area contributed by atoms with Crippen molar-refractivity contribution < 1.29 is 0 Å². The summed E-state index contributed by atoms with van der Waals surface area (Å²) in [5.41, 5.74) is 4.72. The van der Waals surface area contributed by atoms with Crippen LogP contribution in [0.5, 0.6) is 0 Å². The van der Waals surface area contributed by atoms with Crippen molar-refractivity contribution in [1.29, 1.82) is 0 Å². The lowest BCUT2D eigenvalue weighted by atomic mass is 9.98. The predicted octanol–water partition coefficient (Wildman–Crippen LogP) is 5.80. The molecular weight excluding hydrogens is 360 g/mol. The first-order valence-corrected chi connectivity index (χ1v) is 8.83. The minimum Gasteiger partial charge on any atom is -0.257 e. The Kier molecular flexibility index (Phi) is 4.18. The fourth-order valence-electron chi connectivity index (χ4n) is 3.08. The van der Waals surface area contributed by atoms with Crippen LogP contribution in [-0.2, 0) is 0 Å². The van der Waals surface area contributed by atoms with Gasteiger partial charge in [0.15, 0.2) is 0 Å². The van der Waals surface area contributed by atoms with E-state index in [1.54, 1.807) is 0 Å². The standard InChI is InChI=1S/C21H17BrN2/c22-18-11-13-19(14-12-18)24-21(17-9-5-2-6-10-17)15-20(23-24)16-7-3-1-4-8-16/h1-14,21H,15H2. The van der Waals surface area contributed by atoms with Crippen molar-refractivity contribution in [3.63, 3.8) is 0 Å². The summed E-state index contributed by atoms with van der Waals surface area (Å²) in [4.78, 5) is 0. The Morgan fingerprint density at radius 1 is 0.792 bits per heavy atom. The zero-order chi connectivity index (χ0) is 16.4. The van der Waals surface area contributed by atoms with Crippen LogP contribution in [-0.4, -0.2) is 5.71 Å². The van der Waals surface area contributed by atoms with Gasteiger partial charge in [-0.2, -0.15) is 5.10 Å². The Balaban J connectivity index is 1.75. The second-order valence-corrected chi connectivity index (χ2v) is 6.78.